The number of ether oxygens (including phenoxy) is 1. The van der Waals surface area contributed by atoms with Crippen LogP contribution in [0.3, 0.4) is 0 Å². The van der Waals surface area contributed by atoms with Gasteiger partial charge in [0.15, 0.2) is 0 Å². The number of hydrogen-bond donors (Lipinski definition) is 1. The molecule has 11 nitrogen and oxygen atoms in total. The summed E-state index contributed by atoms with van der Waals surface area (Å²) < 4.78 is 5.50. The second-order valence-electron chi connectivity index (χ2n) is 8.09. The molecule has 1 aliphatic heterocycles. The number of morpholine rings is 1. The summed E-state index contributed by atoms with van der Waals surface area (Å²) in [4.78, 5) is 28.7. The van der Waals surface area contributed by atoms with Crippen LogP contribution in [0.5, 0.6) is 0 Å². The number of nitrogens with one attached hydrogen (secondary N) is 1. The van der Waals surface area contributed by atoms with Crippen LogP contribution < -0.4 is 15.2 Å². The molecular weight excluding hydrogens is 472 g/mol. The quantitative estimate of drug-likeness (QED) is 0.213. The number of rotatable bonds is 8. The van der Waals surface area contributed by atoms with Crippen LogP contribution in [-0.4, -0.2) is 52.4 Å². The number of non-ortho nitro benzene ring substituents is 1. The number of nitrogens with zero attached hydrogens (tertiary/aromatic N) is 7. The smallest absolute Gasteiger partial charge is 0.270 e. The highest BCUT2D eigenvalue weighted by Gasteiger charge is 2.21. The molecule has 0 saturated carbocycles. The Morgan fingerprint density at radius 3 is 2.24 bits per heavy atom. The van der Waals surface area contributed by atoms with Crippen molar-refractivity contribution in [2.45, 2.75) is 0 Å². The lowest BCUT2D eigenvalue weighted by atomic mass is 10.2. The van der Waals surface area contributed by atoms with Crippen molar-refractivity contribution >= 4 is 41.1 Å². The topological polar surface area (TPSA) is 122 Å². The number of nitro benzene ring substituents is 1. The van der Waals surface area contributed by atoms with Gasteiger partial charge in [-0.3, -0.25) is 15.0 Å². The molecule has 4 aromatic rings. The Bertz CT molecular complexity index is 1340. The predicted octanol–water partition coefficient (Wildman–Crippen LogP) is 4.53. The number of para-hydroxylation sites is 2. The van der Waals surface area contributed by atoms with Crippen LogP contribution in [-0.2, 0) is 4.74 Å². The minimum Gasteiger partial charge on any atom is -0.378 e. The Morgan fingerprint density at radius 2 is 1.59 bits per heavy atom. The highest BCUT2D eigenvalue weighted by Crippen LogP contribution is 2.33. The highest BCUT2D eigenvalue weighted by molar-refractivity contribution is 5.81. The number of hydrazone groups is 1. The van der Waals surface area contributed by atoms with Gasteiger partial charge in [-0.1, -0.05) is 48.5 Å². The fourth-order valence-electron chi connectivity index (χ4n) is 3.83. The molecule has 0 bridgehead atoms. The second kappa shape index (κ2) is 11.2. The maximum absolute atomic E-state index is 11.1. The molecular formula is C26H24N8O3. The largest absolute Gasteiger partial charge is 0.378 e. The summed E-state index contributed by atoms with van der Waals surface area (Å²) in [5.74, 6) is 1.16. The molecule has 1 aliphatic rings. The molecule has 1 fully saturated rings. The lowest BCUT2D eigenvalue weighted by molar-refractivity contribution is -0.384. The molecule has 37 heavy (non-hydrogen) atoms. The zero-order chi connectivity index (χ0) is 25.5. The molecule has 0 aliphatic carbocycles. The first-order valence-electron chi connectivity index (χ1n) is 11.7. The first-order valence-corrected chi connectivity index (χ1v) is 11.7. The lowest BCUT2D eigenvalue weighted by Gasteiger charge is -2.28. The van der Waals surface area contributed by atoms with Crippen molar-refractivity contribution in [1.82, 2.24) is 15.0 Å². The summed E-state index contributed by atoms with van der Waals surface area (Å²) in [5.41, 5.74) is 5.21. The van der Waals surface area contributed by atoms with E-state index in [1.165, 1.54) is 18.3 Å². The summed E-state index contributed by atoms with van der Waals surface area (Å²) >= 11 is 0. The van der Waals surface area contributed by atoms with Gasteiger partial charge in [0, 0.05) is 42.2 Å². The van der Waals surface area contributed by atoms with E-state index in [-0.39, 0.29) is 11.6 Å². The molecule has 1 saturated heterocycles. The summed E-state index contributed by atoms with van der Waals surface area (Å²) in [5, 5.41) is 15.3. The fourth-order valence-corrected chi connectivity index (χ4v) is 3.83. The molecule has 0 atom stereocenters. The lowest BCUT2D eigenvalue weighted by Crippen LogP contribution is -2.37. The monoisotopic (exact) mass is 496 g/mol. The van der Waals surface area contributed by atoms with Crippen molar-refractivity contribution in [3.05, 3.63) is 101 Å². The molecule has 2 heterocycles. The maximum Gasteiger partial charge on any atom is 0.270 e. The zero-order valence-electron chi connectivity index (χ0n) is 19.8. The summed E-state index contributed by atoms with van der Waals surface area (Å²) in [6, 6.07) is 25.9. The van der Waals surface area contributed by atoms with Gasteiger partial charge in [0.2, 0.25) is 17.8 Å². The molecule has 11 heteroatoms. The maximum atomic E-state index is 11.1. The van der Waals surface area contributed by atoms with E-state index in [1.807, 2.05) is 70.5 Å². The Labute approximate surface area is 213 Å². The molecule has 1 N–H and O–H groups in total. The van der Waals surface area contributed by atoms with Crippen molar-refractivity contribution in [2.75, 3.05) is 41.5 Å². The third-order valence-corrected chi connectivity index (χ3v) is 5.59. The molecule has 186 valence electrons. The van der Waals surface area contributed by atoms with Crippen LogP contribution in [0.4, 0.5) is 34.9 Å². The van der Waals surface area contributed by atoms with Gasteiger partial charge in [-0.05, 0) is 24.3 Å². The predicted molar refractivity (Wildman–Crippen MR) is 142 cm³/mol. The molecule has 3 aromatic carbocycles. The van der Waals surface area contributed by atoms with Gasteiger partial charge in [-0.25, -0.2) is 5.43 Å². The van der Waals surface area contributed by atoms with E-state index >= 15 is 0 Å². The van der Waals surface area contributed by atoms with Crippen LogP contribution >= 0.6 is 0 Å². The zero-order valence-corrected chi connectivity index (χ0v) is 19.8. The Balaban J connectivity index is 1.52. The van der Waals surface area contributed by atoms with Gasteiger partial charge in [0.25, 0.3) is 5.69 Å². The Kier molecular flexibility index (Phi) is 7.23. The molecule has 1 aromatic heterocycles. The van der Waals surface area contributed by atoms with E-state index in [0.717, 1.165) is 11.4 Å². The first-order chi connectivity index (χ1) is 18.2. The summed E-state index contributed by atoms with van der Waals surface area (Å²) in [6.07, 6.45) is 1.48. The highest BCUT2D eigenvalue weighted by atomic mass is 16.6. The molecule has 5 rings (SSSR count). The molecule has 0 spiro atoms. The minimum absolute atomic E-state index is 0.0117. The van der Waals surface area contributed by atoms with Gasteiger partial charge in [-0.15, -0.1) is 0 Å². The number of nitro groups is 1. The van der Waals surface area contributed by atoms with Gasteiger partial charge in [0.1, 0.15) is 0 Å². The van der Waals surface area contributed by atoms with E-state index in [9.17, 15) is 10.1 Å². The molecule has 0 amide bonds. The molecule has 0 unspecified atom stereocenters. The first kappa shape index (κ1) is 23.8. The third kappa shape index (κ3) is 5.85. The summed E-state index contributed by atoms with van der Waals surface area (Å²) in [7, 11) is 0. The van der Waals surface area contributed by atoms with Crippen LogP contribution in [0.1, 0.15) is 5.56 Å². The van der Waals surface area contributed by atoms with Crippen LogP contribution in [0.25, 0.3) is 0 Å². The second-order valence-corrected chi connectivity index (χ2v) is 8.09. The van der Waals surface area contributed by atoms with Crippen molar-refractivity contribution in [1.29, 1.82) is 0 Å². The van der Waals surface area contributed by atoms with E-state index < -0.39 is 4.92 Å². The van der Waals surface area contributed by atoms with Crippen LogP contribution in [0.15, 0.2) is 90.0 Å². The van der Waals surface area contributed by atoms with Gasteiger partial charge >= 0.3 is 0 Å². The van der Waals surface area contributed by atoms with Gasteiger partial charge < -0.3 is 9.64 Å². The average molecular weight is 497 g/mol. The number of aromatic nitrogens is 3. The number of hydrogen-bond acceptors (Lipinski definition) is 10. The van der Waals surface area contributed by atoms with Gasteiger partial charge in [-0.2, -0.15) is 20.1 Å². The Morgan fingerprint density at radius 1 is 0.919 bits per heavy atom. The normalized spacial score (nSPS) is 13.5. The van der Waals surface area contributed by atoms with E-state index in [1.54, 1.807) is 12.1 Å². The fraction of sp³-hybridized carbons (Fsp3) is 0.154. The SMILES string of the molecule is O=[N+]([O-])c1cccc(/C=N\Nc2nc(N3CCOCC3)nc(N(c3ccccc3)c3ccccc3)n2)c1. The van der Waals surface area contributed by atoms with Crippen molar-refractivity contribution in [3.8, 4) is 0 Å². The van der Waals surface area contributed by atoms with E-state index in [4.69, 9.17) is 9.72 Å². The van der Waals surface area contributed by atoms with Crippen LogP contribution in [0.2, 0.25) is 0 Å². The third-order valence-electron chi connectivity index (χ3n) is 5.59. The average Bonchev–Trinajstić information content (AvgIpc) is 2.95. The number of benzene rings is 3. The standard InChI is InChI=1S/C26H24N8O3/c35-34(36)23-13-7-8-20(18-23)19-27-31-24-28-25(32-14-16-37-17-15-32)30-26(29-24)33(21-9-3-1-4-10-21)22-11-5-2-6-12-22/h1-13,18-19H,14-17H2,(H,28,29,30,31)/b27-19-. The van der Waals surface area contributed by atoms with E-state index in [0.29, 0.717) is 43.8 Å². The number of anilines is 5. The minimum atomic E-state index is -0.445. The summed E-state index contributed by atoms with van der Waals surface area (Å²) in [6.45, 7) is 2.46. The van der Waals surface area contributed by atoms with Crippen molar-refractivity contribution in [3.63, 3.8) is 0 Å². The van der Waals surface area contributed by atoms with E-state index in [2.05, 4.69) is 20.5 Å². The van der Waals surface area contributed by atoms with Crippen molar-refractivity contribution < 1.29 is 9.66 Å². The molecule has 0 radical (unpaired) electrons. The Hall–Kier alpha value is -4.90. The van der Waals surface area contributed by atoms with Gasteiger partial charge in [0.05, 0.1) is 24.4 Å². The van der Waals surface area contributed by atoms with Crippen molar-refractivity contribution in [2.24, 2.45) is 5.10 Å². The van der Waals surface area contributed by atoms with Crippen LogP contribution in [0, 0.1) is 10.1 Å².